The van der Waals surface area contributed by atoms with Crippen LogP contribution in [-0.4, -0.2) is 17.9 Å². The van der Waals surface area contributed by atoms with Crippen molar-refractivity contribution in [3.63, 3.8) is 0 Å². The van der Waals surface area contributed by atoms with Gasteiger partial charge in [-0.05, 0) is 44.4 Å². The topological polar surface area (TPSA) is 113 Å². The number of hydrogen-bond acceptors (Lipinski definition) is 6. The minimum Gasteiger partial charge on any atom is -0.548 e. The minimum absolute atomic E-state index is 0.207. The number of rotatable bonds is 6. The number of aliphatic carboxylic acids is 1. The van der Waals surface area contributed by atoms with E-state index in [9.17, 15) is 19.5 Å². The molecule has 0 spiro atoms. The van der Waals surface area contributed by atoms with Crippen LogP contribution in [-0.2, 0) is 16.0 Å². The maximum atomic E-state index is 12.5. The minimum atomic E-state index is -1.34. The van der Waals surface area contributed by atoms with E-state index in [-0.39, 0.29) is 18.4 Å². The predicted octanol–water partition coefficient (Wildman–Crippen LogP) is 2.04. The molecule has 0 aliphatic heterocycles. The van der Waals surface area contributed by atoms with Gasteiger partial charge in [0, 0.05) is 16.3 Å². The molecule has 0 saturated heterocycles. The summed E-state index contributed by atoms with van der Waals surface area (Å²) in [5.74, 6) is -1.90. The maximum absolute atomic E-state index is 12.5. The summed E-state index contributed by atoms with van der Waals surface area (Å²) >= 11 is 0. The molecule has 0 radical (unpaired) electrons. The quantitative estimate of drug-likeness (QED) is 0.651. The molecule has 0 aliphatic carbocycles. The van der Waals surface area contributed by atoms with Crippen LogP contribution in [0.15, 0.2) is 26.0 Å². The zero-order chi connectivity index (χ0) is 20.6. The average molecular weight is 384 g/mol. The fraction of sp³-hybridized carbons (Fsp3) is 0.381. The first-order chi connectivity index (χ1) is 13.2. The van der Waals surface area contributed by atoms with Crippen molar-refractivity contribution in [2.45, 2.75) is 53.0 Å². The van der Waals surface area contributed by atoms with E-state index in [1.54, 1.807) is 13.2 Å². The molecule has 3 rings (SSSR count). The van der Waals surface area contributed by atoms with Gasteiger partial charge < -0.3 is 24.1 Å². The zero-order valence-electron chi connectivity index (χ0n) is 16.3. The molecule has 1 atom stereocenters. The Labute approximate surface area is 161 Å². The summed E-state index contributed by atoms with van der Waals surface area (Å²) < 4.78 is 11.1. The van der Waals surface area contributed by atoms with Crippen LogP contribution < -0.4 is 16.0 Å². The average Bonchev–Trinajstić information content (AvgIpc) is 3.01. The first-order valence-electron chi connectivity index (χ1n) is 9.18. The van der Waals surface area contributed by atoms with E-state index in [0.29, 0.717) is 23.2 Å². The number of carboxylic acid groups (broad SMARTS) is 1. The molecule has 0 fully saturated rings. The van der Waals surface area contributed by atoms with Crippen molar-refractivity contribution in [2.24, 2.45) is 0 Å². The molecule has 148 valence electrons. The lowest BCUT2D eigenvalue weighted by atomic mass is 9.99. The number of furan rings is 1. The third kappa shape index (κ3) is 3.40. The lowest BCUT2D eigenvalue weighted by molar-refractivity contribution is -0.308. The van der Waals surface area contributed by atoms with Crippen LogP contribution in [0, 0.1) is 20.8 Å². The maximum Gasteiger partial charge on any atom is 0.340 e. The second kappa shape index (κ2) is 7.50. The Kier molecular flexibility index (Phi) is 5.27. The second-order valence-electron chi connectivity index (χ2n) is 7.07. The van der Waals surface area contributed by atoms with Gasteiger partial charge in [0.1, 0.15) is 11.2 Å². The number of nitrogens with one attached hydrogen (secondary N) is 1. The Bertz CT molecular complexity index is 1140. The van der Waals surface area contributed by atoms with Crippen molar-refractivity contribution in [1.82, 2.24) is 5.32 Å². The monoisotopic (exact) mass is 384 g/mol. The van der Waals surface area contributed by atoms with Gasteiger partial charge in [0.15, 0.2) is 0 Å². The van der Waals surface area contributed by atoms with Gasteiger partial charge in [-0.2, -0.15) is 0 Å². The van der Waals surface area contributed by atoms with Gasteiger partial charge in [0.05, 0.1) is 30.3 Å². The van der Waals surface area contributed by atoms with Crippen molar-refractivity contribution >= 4 is 33.8 Å². The van der Waals surface area contributed by atoms with E-state index in [2.05, 4.69) is 5.32 Å². The van der Waals surface area contributed by atoms with Crippen LogP contribution in [0.5, 0.6) is 0 Å². The highest BCUT2D eigenvalue weighted by molar-refractivity contribution is 6.00. The van der Waals surface area contributed by atoms with Gasteiger partial charge >= 0.3 is 5.63 Å². The number of carboxylic acids is 1. The highest BCUT2D eigenvalue weighted by Crippen LogP contribution is 2.32. The third-order valence-corrected chi connectivity index (χ3v) is 5.07. The molecule has 0 saturated carbocycles. The van der Waals surface area contributed by atoms with E-state index in [4.69, 9.17) is 8.83 Å². The van der Waals surface area contributed by atoms with E-state index in [0.717, 1.165) is 21.9 Å². The highest BCUT2D eigenvalue weighted by atomic mass is 16.4. The van der Waals surface area contributed by atoms with E-state index < -0.39 is 23.5 Å². The Morgan fingerprint density at radius 2 is 1.86 bits per heavy atom. The number of carbonyl (C=O) groups is 2. The van der Waals surface area contributed by atoms with Crippen LogP contribution in [0.2, 0.25) is 0 Å². The Hall–Kier alpha value is -3.09. The predicted molar refractivity (Wildman–Crippen MR) is 102 cm³/mol. The number of hydrogen-bond donors (Lipinski definition) is 1. The normalized spacial score (nSPS) is 12.4. The summed E-state index contributed by atoms with van der Waals surface area (Å²) in [6.45, 7) is 7.31. The van der Waals surface area contributed by atoms with Gasteiger partial charge in [-0.15, -0.1) is 0 Å². The lowest BCUT2D eigenvalue weighted by Crippen LogP contribution is -2.48. The fourth-order valence-electron chi connectivity index (χ4n) is 3.47. The SMILES string of the molecule is CCC[C@H](NC(=O)Cc1c(C)c2cc3c(C)coc3c(C)c2oc1=O)C(=O)[O-]. The molecule has 0 bridgehead atoms. The second-order valence-corrected chi connectivity index (χ2v) is 7.07. The van der Waals surface area contributed by atoms with Crippen LogP contribution in [0.4, 0.5) is 0 Å². The molecule has 7 heteroatoms. The van der Waals surface area contributed by atoms with Gasteiger partial charge in [-0.3, -0.25) is 4.79 Å². The van der Waals surface area contributed by atoms with E-state index in [1.807, 2.05) is 26.8 Å². The number of amides is 1. The summed E-state index contributed by atoms with van der Waals surface area (Å²) in [5, 5.41) is 15.2. The summed E-state index contributed by atoms with van der Waals surface area (Å²) in [6.07, 6.45) is 2.22. The number of carbonyl (C=O) groups excluding carboxylic acids is 2. The molecule has 0 aliphatic rings. The molecular formula is C21H22NO6-. The van der Waals surface area contributed by atoms with Crippen molar-refractivity contribution in [2.75, 3.05) is 0 Å². The molecule has 2 aromatic heterocycles. The van der Waals surface area contributed by atoms with Crippen molar-refractivity contribution < 1.29 is 23.5 Å². The van der Waals surface area contributed by atoms with Gasteiger partial charge in [-0.1, -0.05) is 13.3 Å². The number of fused-ring (bicyclic) bond motifs is 2. The van der Waals surface area contributed by atoms with E-state index in [1.165, 1.54) is 0 Å². The largest absolute Gasteiger partial charge is 0.548 e. The molecule has 3 aromatic rings. The molecule has 28 heavy (non-hydrogen) atoms. The molecule has 7 nitrogen and oxygen atoms in total. The highest BCUT2D eigenvalue weighted by Gasteiger charge is 2.20. The lowest BCUT2D eigenvalue weighted by Gasteiger charge is -2.19. The first kappa shape index (κ1) is 19.7. The van der Waals surface area contributed by atoms with Gasteiger partial charge in [-0.25, -0.2) is 4.79 Å². The van der Waals surface area contributed by atoms with Crippen molar-refractivity contribution in [3.8, 4) is 0 Å². The molecule has 1 amide bonds. The molecular weight excluding hydrogens is 362 g/mol. The summed E-state index contributed by atoms with van der Waals surface area (Å²) in [5.41, 5.74) is 2.98. The molecule has 1 N–H and O–H groups in total. The Morgan fingerprint density at radius 1 is 1.14 bits per heavy atom. The Morgan fingerprint density at radius 3 is 2.50 bits per heavy atom. The third-order valence-electron chi connectivity index (χ3n) is 5.07. The van der Waals surface area contributed by atoms with Crippen LogP contribution in [0.1, 0.15) is 42.0 Å². The molecule has 1 aromatic carbocycles. The Balaban J connectivity index is 2.03. The summed E-state index contributed by atoms with van der Waals surface area (Å²) in [6, 6.07) is 0.804. The van der Waals surface area contributed by atoms with Crippen LogP contribution in [0.25, 0.3) is 21.9 Å². The number of benzene rings is 1. The number of aryl methyl sites for hydroxylation is 3. The summed E-state index contributed by atoms with van der Waals surface area (Å²) in [4.78, 5) is 36.0. The fourth-order valence-corrected chi connectivity index (χ4v) is 3.47. The van der Waals surface area contributed by atoms with Crippen molar-refractivity contribution in [1.29, 1.82) is 0 Å². The van der Waals surface area contributed by atoms with Gasteiger partial charge in [0.25, 0.3) is 0 Å². The van der Waals surface area contributed by atoms with Gasteiger partial charge in [0.2, 0.25) is 5.91 Å². The smallest absolute Gasteiger partial charge is 0.340 e. The first-order valence-corrected chi connectivity index (χ1v) is 9.18. The van der Waals surface area contributed by atoms with Crippen LogP contribution >= 0.6 is 0 Å². The van der Waals surface area contributed by atoms with Crippen LogP contribution in [0.3, 0.4) is 0 Å². The van der Waals surface area contributed by atoms with E-state index >= 15 is 0 Å². The molecule has 0 unspecified atom stereocenters. The molecule has 2 heterocycles. The summed E-state index contributed by atoms with van der Waals surface area (Å²) in [7, 11) is 0. The van der Waals surface area contributed by atoms with Crippen molar-refractivity contribution in [3.05, 3.63) is 45.0 Å². The zero-order valence-corrected chi connectivity index (χ0v) is 16.3. The standard InChI is InChI=1S/C21H23NO6/c1-5-6-16(20(24)25)22-17(23)8-15-11(3)14-7-13-10(2)9-27-18(13)12(4)19(14)28-21(15)26/h7,9,16H,5-6,8H2,1-4H3,(H,22,23)(H,24,25)/p-1/t16-/m0/s1.